The summed E-state index contributed by atoms with van der Waals surface area (Å²) in [4.78, 5) is 27.3. The molecule has 3 rings (SSSR count). The third-order valence-electron chi connectivity index (χ3n) is 6.48. The first kappa shape index (κ1) is 32.1. The van der Waals surface area contributed by atoms with Crippen molar-refractivity contribution in [2.45, 2.75) is 65.1 Å². The number of methoxy groups -OCH3 is 1. The monoisotopic (exact) mass is 586 g/mol. The smallest absolute Gasteiger partial charge is 0.254 e. The lowest BCUT2D eigenvalue weighted by molar-refractivity contribution is -0.117. The minimum Gasteiger partial charge on any atom is -0.494 e. The lowest BCUT2D eigenvalue weighted by atomic mass is 10.1. The number of hydrogen-bond acceptors (Lipinski definition) is 9. The molecule has 0 bridgehead atoms. The lowest BCUT2D eigenvalue weighted by Crippen LogP contribution is -2.42. The van der Waals surface area contributed by atoms with Crippen LogP contribution in [0.25, 0.3) is 11.0 Å². The van der Waals surface area contributed by atoms with Crippen LogP contribution in [-0.2, 0) is 4.79 Å². The van der Waals surface area contributed by atoms with E-state index in [1.54, 1.807) is 55.3 Å². The molecule has 0 fully saturated rings. The number of nitrogens with two attached hydrogens (primary N) is 1. The molecule has 2 aromatic carbocycles. The molecule has 0 saturated carbocycles. The van der Waals surface area contributed by atoms with Crippen LogP contribution in [0.3, 0.4) is 0 Å². The fourth-order valence-corrected chi connectivity index (χ4v) is 4.88. The third kappa shape index (κ3) is 8.77. The average Bonchev–Trinajstić information content (AvgIpc) is 3.34. The summed E-state index contributed by atoms with van der Waals surface area (Å²) >= 11 is 1.64. The molecule has 0 spiro atoms. The Morgan fingerprint density at radius 2 is 1.73 bits per heavy atom. The standard InChI is InChI=1S/C30H42N4O6S/c1-19(2)34(20(3)4)30(36)21-9-11-26(27(17-21)37-5)39-15-8-7-14-38-22-10-12-25-23(18-22)28(33-40-25)32-29(35)24(31)13-16-41-6/h9-12,17-20,24H,7-8,13-16,31H2,1-6H3,(H,32,33,35)/t24-/m0/s1. The van der Waals surface area contributed by atoms with Crippen molar-refractivity contribution in [1.29, 1.82) is 0 Å². The Labute approximate surface area is 246 Å². The molecule has 41 heavy (non-hydrogen) atoms. The van der Waals surface area contributed by atoms with Crippen molar-refractivity contribution in [2.75, 3.05) is 37.6 Å². The number of carbonyl (C=O) groups is 2. The molecule has 0 unspecified atom stereocenters. The Balaban J connectivity index is 1.49. The highest BCUT2D eigenvalue weighted by Gasteiger charge is 2.23. The fraction of sp³-hybridized carbons (Fsp3) is 0.500. The zero-order chi connectivity index (χ0) is 29.9. The minimum atomic E-state index is -0.614. The van der Waals surface area contributed by atoms with E-state index in [9.17, 15) is 9.59 Å². The number of thioether (sulfide) groups is 1. The Bertz CT molecular complexity index is 1290. The number of amides is 2. The topological polar surface area (TPSA) is 129 Å². The summed E-state index contributed by atoms with van der Waals surface area (Å²) in [5, 5.41) is 7.37. The molecule has 0 aliphatic rings. The van der Waals surface area contributed by atoms with Crippen molar-refractivity contribution < 1.29 is 28.3 Å². The predicted octanol–water partition coefficient (Wildman–Crippen LogP) is 5.35. The van der Waals surface area contributed by atoms with Gasteiger partial charge in [0.15, 0.2) is 22.9 Å². The van der Waals surface area contributed by atoms with E-state index in [2.05, 4.69) is 10.5 Å². The number of nitrogens with one attached hydrogen (secondary N) is 1. The third-order valence-corrected chi connectivity index (χ3v) is 7.12. The molecule has 2 amide bonds. The average molecular weight is 587 g/mol. The number of hydrogen-bond donors (Lipinski definition) is 2. The van der Waals surface area contributed by atoms with Gasteiger partial charge in [0.25, 0.3) is 5.91 Å². The number of aromatic nitrogens is 1. The molecule has 3 N–H and O–H groups in total. The van der Waals surface area contributed by atoms with Crippen molar-refractivity contribution in [3.8, 4) is 17.2 Å². The summed E-state index contributed by atoms with van der Waals surface area (Å²) in [5.41, 5.74) is 7.07. The molecule has 11 heteroatoms. The van der Waals surface area contributed by atoms with Crippen LogP contribution in [-0.4, -0.2) is 72.3 Å². The maximum Gasteiger partial charge on any atom is 0.254 e. The van der Waals surface area contributed by atoms with Gasteiger partial charge in [0.1, 0.15) is 5.75 Å². The molecule has 1 atom stereocenters. The Kier molecular flexibility index (Phi) is 12.2. The molecule has 0 saturated heterocycles. The predicted molar refractivity (Wildman–Crippen MR) is 163 cm³/mol. The minimum absolute atomic E-state index is 0.0365. The normalized spacial score (nSPS) is 12.0. The van der Waals surface area contributed by atoms with Crippen molar-refractivity contribution in [1.82, 2.24) is 10.1 Å². The summed E-state index contributed by atoms with van der Waals surface area (Å²) in [6.07, 6.45) is 4.06. The van der Waals surface area contributed by atoms with E-state index in [1.165, 1.54) is 0 Å². The van der Waals surface area contributed by atoms with Crippen molar-refractivity contribution in [2.24, 2.45) is 5.73 Å². The molecule has 0 aliphatic heterocycles. The van der Waals surface area contributed by atoms with Crippen LogP contribution in [0, 0.1) is 0 Å². The van der Waals surface area contributed by atoms with Crippen molar-refractivity contribution in [3.05, 3.63) is 42.0 Å². The molecule has 1 heterocycles. The lowest BCUT2D eigenvalue weighted by Gasteiger charge is -2.31. The molecule has 0 aliphatic carbocycles. The number of fused-ring (bicyclic) bond motifs is 1. The summed E-state index contributed by atoms with van der Waals surface area (Å²) in [7, 11) is 1.57. The quantitative estimate of drug-likeness (QED) is 0.213. The number of ether oxygens (including phenoxy) is 3. The van der Waals surface area contributed by atoms with E-state index in [1.807, 2.05) is 38.9 Å². The van der Waals surface area contributed by atoms with Gasteiger partial charge in [-0.2, -0.15) is 11.8 Å². The van der Waals surface area contributed by atoms with Crippen molar-refractivity contribution >= 4 is 40.4 Å². The Hall–Kier alpha value is -3.44. The van der Waals surface area contributed by atoms with E-state index in [0.717, 1.165) is 18.6 Å². The van der Waals surface area contributed by atoms with Gasteiger partial charge in [-0.3, -0.25) is 9.59 Å². The zero-order valence-electron chi connectivity index (χ0n) is 24.8. The molecule has 1 aromatic heterocycles. The number of unbranched alkanes of at least 4 members (excludes halogenated alkanes) is 1. The molecule has 224 valence electrons. The largest absolute Gasteiger partial charge is 0.494 e. The highest BCUT2D eigenvalue weighted by atomic mass is 32.2. The van der Waals surface area contributed by atoms with Crippen molar-refractivity contribution in [3.63, 3.8) is 0 Å². The van der Waals surface area contributed by atoms with Gasteiger partial charge in [0.2, 0.25) is 5.91 Å². The highest BCUT2D eigenvalue weighted by Crippen LogP contribution is 2.30. The summed E-state index contributed by atoms with van der Waals surface area (Å²) in [6.45, 7) is 8.97. The first-order valence-electron chi connectivity index (χ1n) is 13.9. The molecule has 0 radical (unpaired) electrons. The van der Waals surface area contributed by atoms with Crippen LogP contribution in [0.1, 0.15) is 57.3 Å². The first-order chi connectivity index (χ1) is 19.7. The van der Waals surface area contributed by atoms with Gasteiger partial charge in [-0.1, -0.05) is 5.16 Å². The van der Waals surface area contributed by atoms with Gasteiger partial charge in [0, 0.05) is 17.6 Å². The number of nitrogens with zero attached hydrogens (tertiary/aromatic N) is 2. The van der Waals surface area contributed by atoms with Crippen LogP contribution in [0.4, 0.5) is 5.82 Å². The second kappa shape index (κ2) is 15.5. The van der Waals surface area contributed by atoms with E-state index < -0.39 is 6.04 Å². The highest BCUT2D eigenvalue weighted by molar-refractivity contribution is 7.98. The van der Waals surface area contributed by atoms with Gasteiger partial charge in [0.05, 0.1) is 31.8 Å². The number of benzene rings is 2. The summed E-state index contributed by atoms with van der Waals surface area (Å²) < 4.78 is 22.7. The number of anilines is 1. The second-order valence-electron chi connectivity index (χ2n) is 10.2. The molecule has 10 nitrogen and oxygen atoms in total. The van der Waals surface area contributed by atoms with E-state index >= 15 is 0 Å². The summed E-state index contributed by atoms with van der Waals surface area (Å²) in [6, 6.07) is 10.2. The van der Waals surface area contributed by atoms with Crippen LogP contribution in [0.15, 0.2) is 40.9 Å². The Morgan fingerprint density at radius 3 is 2.39 bits per heavy atom. The van der Waals surface area contributed by atoms with Crippen LogP contribution in [0.5, 0.6) is 17.2 Å². The number of carbonyl (C=O) groups excluding carboxylic acids is 2. The maximum atomic E-state index is 13.0. The Morgan fingerprint density at radius 1 is 1.02 bits per heavy atom. The number of rotatable bonds is 16. The van der Waals surface area contributed by atoms with Gasteiger partial charge >= 0.3 is 0 Å². The van der Waals surface area contributed by atoms with E-state index in [-0.39, 0.29) is 23.9 Å². The molecular weight excluding hydrogens is 544 g/mol. The molecular formula is C30H42N4O6S. The fourth-order valence-electron chi connectivity index (χ4n) is 4.39. The van der Waals surface area contributed by atoms with Gasteiger partial charge in [-0.05, 0) is 95.4 Å². The molecule has 3 aromatic rings. The van der Waals surface area contributed by atoms with Crippen LogP contribution >= 0.6 is 11.8 Å². The van der Waals surface area contributed by atoms with Gasteiger partial charge in [-0.25, -0.2) is 0 Å². The van der Waals surface area contributed by atoms with Gasteiger partial charge in [-0.15, -0.1) is 0 Å². The van der Waals surface area contributed by atoms with Gasteiger partial charge < -0.3 is 34.7 Å². The van der Waals surface area contributed by atoms with Crippen LogP contribution < -0.4 is 25.3 Å². The van der Waals surface area contributed by atoms with Crippen LogP contribution in [0.2, 0.25) is 0 Å². The van der Waals surface area contributed by atoms with E-state index in [4.69, 9.17) is 24.5 Å². The summed E-state index contributed by atoms with van der Waals surface area (Å²) in [5.74, 6) is 2.54. The zero-order valence-corrected chi connectivity index (χ0v) is 25.6. The first-order valence-corrected chi connectivity index (χ1v) is 15.3. The SMILES string of the molecule is COc1cc(C(=O)N(C(C)C)C(C)C)ccc1OCCCCOc1ccc2onc(NC(=O)[C@@H](N)CCSC)c2c1. The second-order valence-corrected chi connectivity index (χ2v) is 11.2. The van der Waals surface area contributed by atoms with E-state index in [0.29, 0.717) is 59.2 Å². The maximum absolute atomic E-state index is 13.0.